The van der Waals surface area contributed by atoms with Gasteiger partial charge < -0.3 is 0 Å². The predicted octanol–water partition coefficient (Wildman–Crippen LogP) is 7.11. The maximum absolute atomic E-state index is 13.4. The first-order valence-corrected chi connectivity index (χ1v) is 9.32. The molecule has 3 heteroatoms. The lowest BCUT2D eigenvalue weighted by Gasteiger charge is -2.15. The fourth-order valence-electron chi connectivity index (χ4n) is 3.62. The quantitative estimate of drug-likeness (QED) is 0.342. The zero-order valence-corrected chi connectivity index (χ0v) is 16.0. The number of aryl methyl sites for hydroxylation is 1. The summed E-state index contributed by atoms with van der Waals surface area (Å²) in [5, 5.41) is 0.998. The van der Waals surface area contributed by atoms with Gasteiger partial charge in [0, 0.05) is 11.6 Å². The molecule has 1 aromatic heterocycles. The molecule has 1 heterocycles. The second-order valence-electron chi connectivity index (χ2n) is 6.82. The summed E-state index contributed by atoms with van der Waals surface area (Å²) in [4.78, 5) is 4.61. The third-order valence-electron chi connectivity index (χ3n) is 5.05. The number of aromatic nitrogens is 1. The van der Waals surface area contributed by atoms with Crippen LogP contribution in [0.1, 0.15) is 16.7 Å². The van der Waals surface area contributed by atoms with E-state index in [0.29, 0.717) is 0 Å². The van der Waals surface area contributed by atoms with Crippen LogP contribution in [0.5, 0.6) is 0 Å². The molecule has 0 spiro atoms. The number of rotatable bonds is 4. The molecule has 142 valence electrons. The Hall–Kier alpha value is -3.59. The van der Waals surface area contributed by atoms with E-state index in [0.717, 1.165) is 44.3 Å². The molecule has 0 saturated heterocycles. The molecular formula is C26H19F2N. The lowest BCUT2D eigenvalue weighted by Crippen LogP contribution is -1.95. The largest absolute Gasteiger partial charge is 0.256 e. The molecule has 0 unspecified atom stereocenters. The minimum atomic E-state index is -0.271. The van der Waals surface area contributed by atoms with Crippen molar-refractivity contribution >= 4 is 16.5 Å². The van der Waals surface area contributed by atoms with Crippen LogP contribution in [0.25, 0.3) is 27.6 Å². The minimum Gasteiger partial charge on any atom is -0.256 e. The summed E-state index contributed by atoms with van der Waals surface area (Å²) in [5.41, 5.74) is 6.70. The Kier molecular flexibility index (Phi) is 5.05. The van der Waals surface area contributed by atoms with Crippen LogP contribution in [0, 0.1) is 18.6 Å². The van der Waals surface area contributed by atoms with Gasteiger partial charge in [-0.25, -0.2) is 8.78 Å². The molecule has 0 bridgehead atoms. The van der Waals surface area contributed by atoms with E-state index in [1.165, 1.54) is 24.3 Å². The van der Waals surface area contributed by atoms with Gasteiger partial charge in [-0.3, -0.25) is 4.98 Å². The van der Waals surface area contributed by atoms with Gasteiger partial charge in [0.15, 0.2) is 0 Å². The number of allylic oxidation sites excluding steroid dienone is 2. The number of hydrogen-bond acceptors (Lipinski definition) is 1. The first kappa shape index (κ1) is 18.8. The third kappa shape index (κ3) is 3.59. The molecule has 4 aromatic rings. The smallest absolute Gasteiger partial charge is 0.123 e. The van der Waals surface area contributed by atoms with Crippen LogP contribution < -0.4 is 0 Å². The Balaban J connectivity index is 1.90. The molecule has 3 aromatic carbocycles. The summed E-state index contributed by atoms with van der Waals surface area (Å²) in [5.74, 6) is -0.531. The van der Waals surface area contributed by atoms with Gasteiger partial charge in [0.25, 0.3) is 0 Å². The third-order valence-corrected chi connectivity index (χ3v) is 5.05. The molecule has 0 radical (unpaired) electrons. The first-order valence-electron chi connectivity index (χ1n) is 9.32. The SMILES string of the molecule is C=C/C=C(/c1ccc(F)cc1)c1ccc2c(-c3ccc(F)cc3)ccnc2c1C. The second-order valence-corrected chi connectivity index (χ2v) is 6.82. The summed E-state index contributed by atoms with van der Waals surface area (Å²) < 4.78 is 26.7. The van der Waals surface area contributed by atoms with Crippen LogP contribution in [0.15, 0.2) is 91.7 Å². The second kappa shape index (κ2) is 7.80. The van der Waals surface area contributed by atoms with Gasteiger partial charge in [-0.1, -0.05) is 55.1 Å². The van der Waals surface area contributed by atoms with Gasteiger partial charge in [0.05, 0.1) is 5.52 Å². The van der Waals surface area contributed by atoms with Crippen molar-refractivity contribution in [3.8, 4) is 11.1 Å². The van der Waals surface area contributed by atoms with E-state index in [2.05, 4.69) is 11.6 Å². The van der Waals surface area contributed by atoms with Gasteiger partial charge in [-0.05, 0) is 70.6 Å². The van der Waals surface area contributed by atoms with Crippen molar-refractivity contribution in [2.45, 2.75) is 6.92 Å². The topological polar surface area (TPSA) is 12.9 Å². The van der Waals surface area contributed by atoms with E-state index >= 15 is 0 Å². The van der Waals surface area contributed by atoms with Crippen LogP contribution in [-0.2, 0) is 0 Å². The van der Waals surface area contributed by atoms with E-state index in [1.54, 1.807) is 36.5 Å². The van der Waals surface area contributed by atoms with Crippen molar-refractivity contribution in [2.24, 2.45) is 0 Å². The van der Waals surface area contributed by atoms with E-state index in [4.69, 9.17) is 0 Å². The van der Waals surface area contributed by atoms with Gasteiger partial charge in [-0.2, -0.15) is 0 Å². The summed E-state index contributed by atoms with van der Waals surface area (Å²) in [7, 11) is 0. The molecule has 0 N–H and O–H groups in total. The van der Waals surface area contributed by atoms with Crippen LogP contribution in [0.3, 0.4) is 0 Å². The molecular weight excluding hydrogens is 364 g/mol. The van der Waals surface area contributed by atoms with E-state index < -0.39 is 0 Å². The lowest BCUT2D eigenvalue weighted by atomic mass is 9.90. The molecule has 4 rings (SSSR count). The number of halogens is 2. The molecule has 0 aliphatic carbocycles. The fraction of sp³-hybridized carbons (Fsp3) is 0.0385. The molecule has 0 saturated carbocycles. The van der Waals surface area contributed by atoms with Crippen LogP contribution >= 0.6 is 0 Å². The number of hydrogen-bond donors (Lipinski definition) is 0. The minimum absolute atomic E-state index is 0.260. The lowest BCUT2D eigenvalue weighted by molar-refractivity contribution is 0.627. The Bertz CT molecular complexity index is 1220. The van der Waals surface area contributed by atoms with E-state index in [1.807, 2.05) is 31.2 Å². The highest BCUT2D eigenvalue weighted by Gasteiger charge is 2.13. The molecule has 0 aliphatic heterocycles. The highest BCUT2D eigenvalue weighted by Crippen LogP contribution is 2.34. The van der Waals surface area contributed by atoms with Crippen molar-refractivity contribution in [3.63, 3.8) is 0 Å². The van der Waals surface area contributed by atoms with E-state index in [9.17, 15) is 8.78 Å². The van der Waals surface area contributed by atoms with Gasteiger partial charge >= 0.3 is 0 Å². The number of fused-ring (bicyclic) bond motifs is 1. The van der Waals surface area contributed by atoms with Crippen molar-refractivity contribution < 1.29 is 8.78 Å². The molecule has 1 nitrogen and oxygen atoms in total. The summed E-state index contributed by atoms with van der Waals surface area (Å²) >= 11 is 0. The summed E-state index contributed by atoms with van der Waals surface area (Å²) in [6.07, 6.45) is 5.42. The summed E-state index contributed by atoms with van der Waals surface area (Å²) in [6.45, 7) is 5.85. The molecule has 0 fully saturated rings. The predicted molar refractivity (Wildman–Crippen MR) is 116 cm³/mol. The Morgan fingerprint density at radius 1 is 0.862 bits per heavy atom. The van der Waals surface area contributed by atoms with Crippen LogP contribution in [-0.4, -0.2) is 4.98 Å². The molecule has 0 aliphatic rings. The standard InChI is InChI=1S/C26H19F2N/c1-3-4-23(18-5-9-20(27)10-6-18)22-13-14-25-24(15-16-29-26(25)17(22)2)19-7-11-21(28)12-8-19/h3-16H,1H2,2H3/b23-4-. The Morgan fingerprint density at radius 2 is 1.52 bits per heavy atom. The van der Waals surface area contributed by atoms with Crippen LogP contribution in [0.4, 0.5) is 8.78 Å². The average Bonchev–Trinajstić information content (AvgIpc) is 2.74. The van der Waals surface area contributed by atoms with E-state index in [-0.39, 0.29) is 11.6 Å². The van der Waals surface area contributed by atoms with Crippen molar-refractivity contribution in [2.75, 3.05) is 0 Å². The van der Waals surface area contributed by atoms with Gasteiger partial charge in [-0.15, -0.1) is 0 Å². The number of pyridine rings is 1. The maximum Gasteiger partial charge on any atom is 0.123 e. The van der Waals surface area contributed by atoms with Gasteiger partial charge in [0.2, 0.25) is 0 Å². The van der Waals surface area contributed by atoms with Crippen molar-refractivity contribution in [1.29, 1.82) is 0 Å². The molecule has 29 heavy (non-hydrogen) atoms. The number of benzene rings is 3. The molecule has 0 amide bonds. The zero-order valence-electron chi connectivity index (χ0n) is 16.0. The van der Waals surface area contributed by atoms with Crippen molar-refractivity contribution in [1.82, 2.24) is 4.98 Å². The Labute approximate surface area is 168 Å². The first-order chi connectivity index (χ1) is 14.1. The maximum atomic E-state index is 13.4. The zero-order chi connectivity index (χ0) is 20.4. The highest BCUT2D eigenvalue weighted by molar-refractivity contribution is 5.99. The Morgan fingerprint density at radius 3 is 2.17 bits per heavy atom. The average molecular weight is 383 g/mol. The molecule has 0 atom stereocenters. The van der Waals surface area contributed by atoms with Gasteiger partial charge in [0.1, 0.15) is 11.6 Å². The number of nitrogens with zero attached hydrogens (tertiary/aromatic N) is 1. The monoisotopic (exact) mass is 383 g/mol. The summed E-state index contributed by atoms with van der Waals surface area (Å²) in [6, 6.07) is 18.9. The van der Waals surface area contributed by atoms with Crippen molar-refractivity contribution in [3.05, 3.63) is 120 Å². The highest BCUT2D eigenvalue weighted by atomic mass is 19.1. The fourth-order valence-corrected chi connectivity index (χ4v) is 3.62. The normalized spacial score (nSPS) is 11.6. The van der Waals surface area contributed by atoms with Crippen LogP contribution in [0.2, 0.25) is 0 Å².